The number of carbonyl (C=O) groups is 1. The summed E-state index contributed by atoms with van der Waals surface area (Å²) in [5, 5.41) is 6.15. The number of methoxy groups -OCH3 is 2. The predicted molar refractivity (Wildman–Crippen MR) is 81.2 cm³/mol. The molecule has 0 aromatic heterocycles. The first-order valence-electron chi connectivity index (χ1n) is 6.52. The van der Waals surface area contributed by atoms with Gasteiger partial charge in [0.2, 0.25) is 0 Å². The number of ether oxygens (including phenoxy) is 2. The van der Waals surface area contributed by atoms with Crippen molar-refractivity contribution in [1.29, 1.82) is 0 Å². The van der Waals surface area contributed by atoms with E-state index in [4.69, 9.17) is 9.47 Å². The van der Waals surface area contributed by atoms with Crippen molar-refractivity contribution in [2.75, 3.05) is 32.6 Å². The summed E-state index contributed by atoms with van der Waals surface area (Å²) in [6.45, 7) is 1.57. The van der Waals surface area contributed by atoms with Crippen LogP contribution in [-0.4, -0.2) is 38.8 Å². The van der Waals surface area contributed by atoms with Gasteiger partial charge in [0.1, 0.15) is 11.4 Å². The summed E-state index contributed by atoms with van der Waals surface area (Å²) in [5.41, 5.74) is -0.0184. The van der Waals surface area contributed by atoms with Crippen LogP contribution in [0.15, 0.2) is 22.7 Å². The van der Waals surface area contributed by atoms with Crippen molar-refractivity contribution in [2.45, 2.75) is 18.4 Å². The lowest BCUT2D eigenvalue weighted by atomic mass is 9.91. The number of benzene rings is 1. The molecule has 1 heterocycles. The summed E-state index contributed by atoms with van der Waals surface area (Å²) < 4.78 is 11.5. The van der Waals surface area contributed by atoms with Gasteiger partial charge in [0.25, 0.3) is 5.91 Å². The van der Waals surface area contributed by atoms with Crippen LogP contribution in [0.25, 0.3) is 0 Å². The molecule has 2 N–H and O–H groups in total. The molecule has 1 saturated heterocycles. The molecule has 0 radical (unpaired) electrons. The summed E-state index contributed by atoms with van der Waals surface area (Å²) in [4.78, 5) is 12.5. The minimum absolute atomic E-state index is 0.0985. The monoisotopic (exact) mass is 342 g/mol. The second kappa shape index (κ2) is 6.56. The van der Waals surface area contributed by atoms with E-state index in [-0.39, 0.29) is 5.91 Å². The highest BCUT2D eigenvalue weighted by Gasteiger charge is 2.39. The van der Waals surface area contributed by atoms with Crippen molar-refractivity contribution in [3.63, 3.8) is 0 Å². The Labute approximate surface area is 127 Å². The number of halogens is 1. The van der Waals surface area contributed by atoms with Crippen LogP contribution in [-0.2, 0) is 9.53 Å². The molecule has 0 saturated carbocycles. The zero-order valence-electron chi connectivity index (χ0n) is 11.7. The molecule has 1 aliphatic rings. The molecule has 1 fully saturated rings. The van der Waals surface area contributed by atoms with Crippen LogP contribution in [0.5, 0.6) is 5.75 Å². The molecule has 0 spiro atoms. The van der Waals surface area contributed by atoms with E-state index in [1.54, 1.807) is 14.2 Å². The van der Waals surface area contributed by atoms with Gasteiger partial charge in [-0.05, 0) is 60.1 Å². The molecule has 20 heavy (non-hydrogen) atoms. The van der Waals surface area contributed by atoms with Gasteiger partial charge in [-0.1, -0.05) is 0 Å². The van der Waals surface area contributed by atoms with Crippen LogP contribution in [0.1, 0.15) is 12.8 Å². The maximum atomic E-state index is 12.5. The summed E-state index contributed by atoms with van der Waals surface area (Å²) in [6.07, 6.45) is 1.35. The highest BCUT2D eigenvalue weighted by atomic mass is 79.9. The lowest BCUT2D eigenvalue weighted by Crippen LogP contribution is -2.51. The summed E-state index contributed by atoms with van der Waals surface area (Å²) in [6, 6.07) is 5.44. The molecule has 2 rings (SSSR count). The fourth-order valence-corrected chi connectivity index (χ4v) is 2.88. The number of piperidine rings is 1. The first kappa shape index (κ1) is 15.3. The zero-order valence-corrected chi connectivity index (χ0v) is 13.2. The van der Waals surface area contributed by atoms with Crippen molar-refractivity contribution in [3.8, 4) is 5.75 Å². The molecule has 1 amide bonds. The Balaban J connectivity index is 2.12. The third-order valence-corrected chi connectivity index (χ3v) is 4.25. The van der Waals surface area contributed by atoms with Crippen LogP contribution in [0.2, 0.25) is 0 Å². The predicted octanol–water partition coefficient (Wildman–Crippen LogP) is 2.16. The van der Waals surface area contributed by atoms with Gasteiger partial charge in [-0.25, -0.2) is 0 Å². The number of hydrogen-bond acceptors (Lipinski definition) is 4. The first-order valence-corrected chi connectivity index (χ1v) is 7.31. The van der Waals surface area contributed by atoms with Gasteiger partial charge in [-0.2, -0.15) is 0 Å². The largest absolute Gasteiger partial charge is 0.496 e. The minimum atomic E-state index is -0.738. The van der Waals surface area contributed by atoms with Gasteiger partial charge in [-0.15, -0.1) is 0 Å². The van der Waals surface area contributed by atoms with Crippen molar-refractivity contribution in [2.24, 2.45) is 0 Å². The molecule has 1 aromatic carbocycles. The number of carbonyl (C=O) groups excluding carboxylic acids is 1. The molecule has 5 nitrogen and oxygen atoms in total. The Morgan fingerprint density at radius 3 is 2.60 bits per heavy atom. The van der Waals surface area contributed by atoms with Crippen LogP contribution in [0.4, 0.5) is 5.69 Å². The summed E-state index contributed by atoms with van der Waals surface area (Å²) >= 11 is 3.41. The SMILES string of the molecule is COc1ccc(NC(=O)C2(OC)CCNCC2)cc1Br. The maximum absolute atomic E-state index is 12.5. The fraction of sp³-hybridized carbons (Fsp3) is 0.500. The van der Waals surface area contributed by atoms with Crippen molar-refractivity contribution >= 4 is 27.5 Å². The zero-order chi connectivity index (χ0) is 14.6. The van der Waals surface area contributed by atoms with Gasteiger partial charge in [0.05, 0.1) is 11.6 Å². The van der Waals surface area contributed by atoms with E-state index in [2.05, 4.69) is 26.6 Å². The van der Waals surface area contributed by atoms with E-state index in [0.717, 1.165) is 29.0 Å². The van der Waals surface area contributed by atoms with Crippen LogP contribution in [0, 0.1) is 0 Å². The molecule has 110 valence electrons. The maximum Gasteiger partial charge on any atom is 0.256 e. The average molecular weight is 343 g/mol. The molecular weight excluding hydrogens is 324 g/mol. The van der Waals surface area contributed by atoms with E-state index in [9.17, 15) is 4.79 Å². The number of anilines is 1. The lowest BCUT2D eigenvalue weighted by molar-refractivity contribution is -0.140. The lowest BCUT2D eigenvalue weighted by Gasteiger charge is -2.34. The molecule has 1 aromatic rings. The second-order valence-corrected chi connectivity index (χ2v) is 5.61. The highest BCUT2D eigenvalue weighted by molar-refractivity contribution is 9.10. The molecule has 0 aliphatic carbocycles. The first-order chi connectivity index (χ1) is 9.61. The van der Waals surface area contributed by atoms with Gasteiger partial charge < -0.3 is 20.1 Å². The number of hydrogen-bond donors (Lipinski definition) is 2. The van der Waals surface area contributed by atoms with E-state index in [0.29, 0.717) is 12.8 Å². The number of amides is 1. The Kier molecular flexibility index (Phi) is 5.01. The van der Waals surface area contributed by atoms with Crippen molar-refractivity contribution < 1.29 is 14.3 Å². The van der Waals surface area contributed by atoms with E-state index < -0.39 is 5.60 Å². The molecule has 0 unspecified atom stereocenters. The van der Waals surface area contributed by atoms with E-state index >= 15 is 0 Å². The molecule has 0 bridgehead atoms. The van der Waals surface area contributed by atoms with Gasteiger partial charge in [-0.3, -0.25) is 4.79 Å². The van der Waals surface area contributed by atoms with Crippen molar-refractivity contribution in [3.05, 3.63) is 22.7 Å². The molecule has 6 heteroatoms. The third-order valence-electron chi connectivity index (χ3n) is 3.63. The topological polar surface area (TPSA) is 59.6 Å². The second-order valence-electron chi connectivity index (χ2n) is 4.75. The van der Waals surface area contributed by atoms with Gasteiger partial charge >= 0.3 is 0 Å². The molecular formula is C14H19BrN2O3. The van der Waals surface area contributed by atoms with Gasteiger partial charge in [0.15, 0.2) is 0 Å². The molecule has 0 atom stereocenters. The summed E-state index contributed by atoms with van der Waals surface area (Å²) in [7, 11) is 3.20. The smallest absolute Gasteiger partial charge is 0.256 e. The normalized spacial score (nSPS) is 17.6. The standard InChI is InChI=1S/C14H19BrN2O3/c1-19-12-4-3-10(9-11(12)15)17-13(18)14(20-2)5-7-16-8-6-14/h3-4,9,16H,5-8H2,1-2H3,(H,17,18). The Bertz CT molecular complexity index is 487. The number of rotatable bonds is 4. The Morgan fingerprint density at radius 1 is 1.35 bits per heavy atom. The van der Waals surface area contributed by atoms with E-state index in [1.807, 2.05) is 18.2 Å². The third kappa shape index (κ3) is 3.13. The van der Waals surface area contributed by atoms with Crippen LogP contribution in [0.3, 0.4) is 0 Å². The quantitative estimate of drug-likeness (QED) is 0.880. The van der Waals surface area contributed by atoms with E-state index in [1.165, 1.54) is 0 Å². The van der Waals surface area contributed by atoms with Crippen LogP contribution < -0.4 is 15.4 Å². The number of nitrogens with one attached hydrogen (secondary N) is 2. The van der Waals surface area contributed by atoms with Gasteiger partial charge in [0, 0.05) is 12.8 Å². The van der Waals surface area contributed by atoms with Crippen LogP contribution >= 0.6 is 15.9 Å². The summed E-state index contributed by atoms with van der Waals surface area (Å²) in [5.74, 6) is 0.630. The molecule has 1 aliphatic heterocycles. The fourth-order valence-electron chi connectivity index (χ4n) is 2.34. The Morgan fingerprint density at radius 2 is 2.05 bits per heavy atom. The Hall–Kier alpha value is -1.11. The van der Waals surface area contributed by atoms with Crippen molar-refractivity contribution in [1.82, 2.24) is 5.32 Å². The minimum Gasteiger partial charge on any atom is -0.496 e. The highest BCUT2D eigenvalue weighted by Crippen LogP contribution is 2.29. The average Bonchev–Trinajstić information content (AvgIpc) is 2.48.